The van der Waals surface area contributed by atoms with Crippen LogP contribution in [0.3, 0.4) is 0 Å². The molecule has 0 saturated carbocycles. The molecule has 4 heteroatoms. The minimum absolute atomic E-state index is 0.344. The molecule has 1 unspecified atom stereocenters. The second-order valence-electron chi connectivity index (χ2n) is 6.08. The topological polar surface area (TPSA) is 35.5 Å². The van der Waals surface area contributed by atoms with Crippen molar-refractivity contribution in [2.24, 2.45) is 5.92 Å². The van der Waals surface area contributed by atoms with Crippen molar-refractivity contribution in [3.63, 3.8) is 0 Å². The maximum absolute atomic E-state index is 9.91. The number of phenolic OH excluding ortho intramolecular Hbond substituents is 1. The van der Waals surface area contributed by atoms with Gasteiger partial charge in [0.15, 0.2) is 0 Å². The predicted molar refractivity (Wildman–Crippen MR) is 84.3 cm³/mol. The highest BCUT2D eigenvalue weighted by molar-refractivity contribution is 6.30. The lowest BCUT2D eigenvalue weighted by molar-refractivity contribution is 0.162. The third kappa shape index (κ3) is 4.65. The van der Waals surface area contributed by atoms with Crippen LogP contribution in [0.15, 0.2) is 18.2 Å². The highest BCUT2D eigenvalue weighted by atomic mass is 35.5. The fourth-order valence-corrected chi connectivity index (χ4v) is 2.98. The van der Waals surface area contributed by atoms with Crippen molar-refractivity contribution in [2.45, 2.75) is 39.3 Å². The lowest BCUT2D eigenvalue weighted by atomic mass is 9.97. The minimum Gasteiger partial charge on any atom is -0.508 e. The molecule has 1 heterocycles. The van der Waals surface area contributed by atoms with Gasteiger partial charge in [0.2, 0.25) is 0 Å². The molecule has 0 amide bonds. The summed E-state index contributed by atoms with van der Waals surface area (Å²) in [5.74, 6) is 1.05. The molecule has 0 radical (unpaired) electrons. The molecule has 1 aromatic carbocycles. The molecular weight excluding hydrogens is 272 g/mol. The zero-order chi connectivity index (χ0) is 14.5. The number of rotatable bonds is 5. The standard InChI is InChI=1S/C16H25ClN2O/c1-12(2)18-9-13-4-3-7-19(10-13)11-14-8-15(17)5-6-16(14)20/h5-6,8,12-13,18,20H,3-4,7,9-11H2,1-2H3. The number of nitrogens with zero attached hydrogens (tertiary/aromatic N) is 1. The Labute approximate surface area is 126 Å². The van der Waals surface area contributed by atoms with E-state index in [0.717, 1.165) is 31.7 Å². The number of halogens is 1. The van der Waals surface area contributed by atoms with Gasteiger partial charge in [0.1, 0.15) is 5.75 Å². The zero-order valence-corrected chi connectivity index (χ0v) is 13.2. The van der Waals surface area contributed by atoms with E-state index in [1.54, 1.807) is 12.1 Å². The summed E-state index contributed by atoms with van der Waals surface area (Å²) in [6.45, 7) is 8.42. The number of phenols is 1. The van der Waals surface area contributed by atoms with Crippen LogP contribution < -0.4 is 5.32 Å². The van der Waals surface area contributed by atoms with Crippen LogP contribution in [0.25, 0.3) is 0 Å². The first-order valence-corrected chi connectivity index (χ1v) is 7.85. The third-order valence-electron chi connectivity index (χ3n) is 3.85. The number of piperidine rings is 1. The van der Waals surface area contributed by atoms with Crippen LogP contribution >= 0.6 is 11.6 Å². The molecule has 3 nitrogen and oxygen atoms in total. The van der Waals surface area contributed by atoms with E-state index >= 15 is 0 Å². The first-order chi connectivity index (χ1) is 9.54. The molecule has 1 aliphatic heterocycles. The lowest BCUT2D eigenvalue weighted by Crippen LogP contribution is -2.40. The normalized spacial score (nSPS) is 20.5. The van der Waals surface area contributed by atoms with Crippen LogP contribution in [0.2, 0.25) is 5.02 Å². The highest BCUT2D eigenvalue weighted by Crippen LogP contribution is 2.25. The molecule has 0 bridgehead atoms. The summed E-state index contributed by atoms with van der Waals surface area (Å²) in [4.78, 5) is 2.42. The molecule has 112 valence electrons. The number of hydrogen-bond acceptors (Lipinski definition) is 3. The van der Waals surface area contributed by atoms with Crippen LogP contribution in [0.5, 0.6) is 5.75 Å². The van der Waals surface area contributed by atoms with E-state index in [2.05, 4.69) is 24.1 Å². The van der Waals surface area contributed by atoms with Crippen molar-refractivity contribution in [1.29, 1.82) is 0 Å². The SMILES string of the molecule is CC(C)NCC1CCCN(Cc2cc(Cl)ccc2O)C1. The molecule has 1 aromatic rings. The summed E-state index contributed by atoms with van der Waals surface area (Å²) in [6, 6.07) is 5.82. The molecule has 1 atom stereocenters. The van der Waals surface area contributed by atoms with Gasteiger partial charge in [0, 0.05) is 29.7 Å². The quantitative estimate of drug-likeness (QED) is 0.875. The first kappa shape index (κ1) is 15.6. The Bertz CT molecular complexity index is 436. The largest absolute Gasteiger partial charge is 0.508 e. The molecule has 1 fully saturated rings. The summed E-state index contributed by atoms with van der Waals surface area (Å²) in [6.07, 6.45) is 2.52. The summed E-state index contributed by atoms with van der Waals surface area (Å²) in [7, 11) is 0. The minimum atomic E-state index is 0.344. The van der Waals surface area contributed by atoms with E-state index in [4.69, 9.17) is 11.6 Å². The average molecular weight is 297 g/mol. The van der Waals surface area contributed by atoms with Gasteiger partial charge in [0.25, 0.3) is 0 Å². The second kappa shape index (κ2) is 7.30. The predicted octanol–water partition coefficient (Wildman–Crippen LogP) is 3.26. The molecule has 0 aliphatic carbocycles. The van der Waals surface area contributed by atoms with E-state index < -0.39 is 0 Å². The Balaban J connectivity index is 1.90. The van der Waals surface area contributed by atoms with E-state index in [0.29, 0.717) is 22.7 Å². The summed E-state index contributed by atoms with van der Waals surface area (Å²) in [5, 5.41) is 14.1. The highest BCUT2D eigenvalue weighted by Gasteiger charge is 2.20. The Kier molecular flexibility index (Phi) is 5.70. The van der Waals surface area contributed by atoms with Crippen molar-refractivity contribution >= 4 is 11.6 Å². The van der Waals surface area contributed by atoms with E-state index in [-0.39, 0.29) is 0 Å². The Morgan fingerprint density at radius 3 is 3.00 bits per heavy atom. The Hall–Kier alpha value is -0.770. The Morgan fingerprint density at radius 1 is 1.45 bits per heavy atom. The lowest BCUT2D eigenvalue weighted by Gasteiger charge is -2.33. The molecule has 2 rings (SSSR count). The number of likely N-dealkylation sites (tertiary alicyclic amines) is 1. The first-order valence-electron chi connectivity index (χ1n) is 7.47. The summed E-state index contributed by atoms with van der Waals surface area (Å²) >= 11 is 6.01. The van der Waals surface area contributed by atoms with Crippen LogP contribution in [0.4, 0.5) is 0 Å². The average Bonchev–Trinajstić information content (AvgIpc) is 2.41. The van der Waals surface area contributed by atoms with Gasteiger partial charge in [-0.3, -0.25) is 4.90 Å². The molecule has 1 saturated heterocycles. The van der Waals surface area contributed by atoms with Gasteiger partial charge in [-0.2, -0.15) is 0 Å². The van der Waals surface area contributed by atoms with E-state index in [1.807, 2.05) is 6.07 Å². The molecule has 0 aromatic heterocycles. The molecule has 0 spiro atoms. The van der Waals surface area contributed by atoms with E-state index in [1.165, 1.54) is 12.8 Å². The maximum Gasteiger partial charge on any atom is 0.120 e. The van der Waals surface area contributed by atoms with Gasteiger partial charge >= 0.3 is 0 Å². The van der Waals surface area contributed by atoms with Gasteiger partial charge in [-0.25, -0.2) is 0 Å². The van der Waals surface area contributed by atoms with Crippen LogP contribution in [-0.2, 0) is 6.54 Å². The number of nitrogens with one attached hydrogen (secondary N) is 1. The summed E-state index contributed by atoms with van der Waals surface area (Å²) in [5.41, 5.74) is 0.926. The number of hydrogen-bond donors (Lipinski definition) is 2. The van der Waals surface area contributed by atoms with E-state index in [9.17, 15) is 5.11 Å². The second-order valence-corrected chi connectivity index (χ2v) is 6.52. The zero-order valence-electron chi connectivity index (χ0n) is 12.4. The van der Waals surface area contributed by atoms with Crippen LogP contribution in [0, 0.1) is 5.92 Å². The smallest absolute Gasteiger partial charge is 0.120 e. The molecular formula is C16H25ClN2O. The van der Waals surface area contributed by atoms with Crippen molar-refractivity contribution in [3.8, 4) is 5.75 Å². The Morgan fingerprint density at radius 2 is 2.25 bits per heavy atom. The van der Waals surface area contributed by atoms with Gasteiger partial charge in [-0.05, 0) is 50.0 Å². The maximum atomic E-state index is 9.91. The van der Waals surface area contributed by atoms with Gasteiger partial charge in [-0.1, -0.05) is 25.4 Å². The van der Waals surface area contributed by atoms with Gasteiger partial charge < -0.3 is 10.4 Å². The van der Waals surface area contributed by atoms with Gasteiger partial charge in [0.05, 0.1) is 0 Å². The third-order valence-corrected chi connectivity index (χ3v) is 4.09. The number of aromatic hydroxyl groups is 1. The molecule has 1 aliphatic rings. The van der Waals surface area contributed by atoms with Crippen LogP contribution in [-0.4, -0.2) is 35.7 Å². The van der Waals surface area contributed by atoms with Crippen molar-refractivity contribution in [3.05, 3.63) is 28.8 Å². The summed E-state index contributed by atoms with van der Waals surface area (Å²) < 4.78 is 0. The van der Waals surface area contributed by atoms with Gasteiger partial charge in [-0.15, -0.1) is 0 Å². The molecule has 20 heavy (non-hydrogen) atoms. The fraction of sp³-hybridized carbons (Fsp3) is 0.625. The van der Waals surface area contributed by atoms with Crippen molar-refractivity contribution < 1.29 is 5.11 Å². The fourth-order valence-electron chi connectivity index (χ4n) is 2.79. The van der Waals surface area contributed by atoms with Crippen LogP contribution in [0.1, 0.15) is 32.3 Å². The van der Waals surface area contributed by atoms with Crippen molar-refractivity contribution in [2.75, 3.05) is 19.6 Å². The van der Waals surface area contributed by atoms with Crippen molar-refractivity contribution in [1.82, 2.24) is 10.2 Å². The number of benzene rings is 1. The molecule has 2 N–H and O–H groups in total. The monoisotopic (exact) mass is 296 g/mol.